The Bertz CT molecular complexity index is 207. The molecule has 1 fully saturated rings. The van der Waals surface area contributed by atoms with Crippen LogP contribution in [-0.4, -0.2) is 46.2 Å². The molecule has 0 aliphatic heterocycles. The maximum atomic E-state index is 10.3. The molecule has 14 heavy (non-hydrogen) atoms. The van der Waals surface area contributed by atoms with Crippen molar-refractivity contribution < 1.29 is 19.8 Å². The number of hydrogen-bond donors (Lipinski definition) is 2. The summed E-state index contributed by atoms with van der Waals surface area (Å²) >= 11 is 0. The van der Waals surface area contributed by atoms with E-state index in [0.717, 1.165) is 12.8 Å². The Labute approximate surface area is 82.3 Å². The first-order valence-electron chi connectivity index (χ1n) is 4.77. The minimum Gasteiger partial charge on any atom is -0.481 e. The van der Waals surface area contributed by atoms with Crippen LogP contribution in [0.25, 0.3) is 0 Å². The van der Waals surface area contributed by atoms with Gasteiger partial charge in [-0.3, -0.25) is 14.5 Å². The van der Waals surface area contributed by atoms with Crippen LogP contribution in [0.4, 0.5) is 0 Å². The van der Waals surface area contributed by atoms with Gasteiger partial charge in [0.2, 0.25) is 0 Å². The minimum absolute atomic E-state index is 0.0934. The highest BCUT2D eigenvalue weighted by molar-refractivity contribution is 5.67. The molecule has 5 heteroatoms. The molecule has 0 unspecified atom stereocenters. The van der Waals surface area contributed by atoms with Gasteiger partial charge in [0.25, 0.3) is 0 Å². The van der Waals surface area contributed by atoms with Crippen LogP contribution in [0, 0.1) is 0 Å². The molecule has 1 rings (SSSR count). The van der Waals surface area contributed by atoms with Crippen molar-refractivity contribution in [2.24, 2.45) is 0 Å². The van der Waals surface area contributed by atoms with Gasteiger partial charge in [0.05, 0.1) is 12.8 Å². The summed E-state index contributed by atoms with van der Waals surface area (Å²) in [5, 5.41) is 17.0. The van der Waals surface area contributed by atoms with Crippen molar-refractivity contribution in [1.29, 1.82) is 0 Å². The molecule has 0 spiro atoms. The lowest BCUT2D eigenvalue weighted by Crippen LogP contribution is -2.30. The van der Waals surface area contributed by atoms with Crippen LogP contribution in [0.2, 0.25) is 0 Å². The maximum absolute atomic E-state index is 10.3. The van der Waals surface area contributed by atoms with Gasteiger partial charge >= 0.3 is 11.9 Å². The second-order valence-corrected chi connectivity index (χ2v) is 3.55. The van der Waals surface area contributed by atoms with Crippen molar-refractivity contribution >= 4 is 11.9 Å². The fourth-order valence-corrected chi connectivity index (χ4v) is 1.40. The zero-order valence-electron chi connectivity index (χ0n) is 7.98. The molecule has 1 aliphatic carbocycles. The van der Waals surface area contributed by atoms with E-state index in [2.05, 4.69) is 0 Å². The van der Waals surface area contributed by atoms with Crippen molar-refractivity contribution in [2.75, 3.05) is 13.1 Å². The topological polar surface area (TPSA) is 77.8 Å². The zero-order chi connectivity index (χ0) is 10.6. The Morgan fingerprint density at radius 1 is 1.07 bits per heavy atom. The molecule has 1 saturated carbocycles. The Morgan fingerprint density at radius 3 is 1.79 bits per heavy atom. The molecular weight excluding hydrogens is 186 g/mol. The van der Waals surface area contributed by atoms with Crippen LogP contribution in [0.3, 0.4) is 0 Å². The van der Waals surface area contributed by atoms with E-state index in [1.54, 1.807) is 0 Å². The summed E-state index contributed by atoms with van der Waals surface area (Å²) in [5.74, 6) is -1.66. The number of hydrogen-bond acceptors (Lipinski definition) is 3. The van der Waals surface area contributed by atoms with E-state index in [4.69, 9.17) is 10.2 Å². The molecule has 1 aliphatic rings. The maximum Gasteiger partial charge on any atom is 0.304 e. The van der Waals surface area contributed by atoms with Crippen molar-refractivity contribution in [1.82, 2.24) is 4.90 Å². The normalized spacial score (nSPS) is 15.8. The lowest BCUT2D eigenvalue weighted by Gasteiger charge is -2.19. The summed E-state index contributed by atoms with van der Waals surface area (Å²) < 4.78 is 0. The van der Waals surface area contributed by atoms with E-state index in [1.165, 1.54) is 0 Å². The van der Waals surface area contributed by atoms with E-state index >= 15 is 0 Å². The van der Waals surface area contributed by atoms with Crippen LogP contribution in [0.15, 0.2) is 0 Å². The third-order valence-electron chi connectivity index (χ3n) is 2.29. The lowest BCUT2D eigenvalue weighted by atomic mass is 10.3. The number of carboxylic acid groups (broad SMARTS) is 2. The molecule has 0 radical (unpaired) electrons. The van der Waals surface area contributed by atoms with Gasteiger partial charge in [0, 0.05) is 19.1 Å². The van der Waals surface area contributed by atoms with Gasteiger partial charge in [-0.25, -0.2) is 0 Å². The van der Waals surface area contributed by atoms with Gasteiger partial charge in [0.15, 0.2) is 0 Å². The quantitative estimate of drug-likeness (QED) is 0.623. The van der Waals surface area contributed by atoms with Crippen molar-refractivity contribution in [2.45, 2.75) is 31.7 Å². The van der Waals surface area contributed by atoms with Gasteiger partial charge in [0.1, 0.15) is 0 Å². The molecule has 0 aromatic carbocycles. The average molecular weight is 201 g/mol. The SMILES string of the molecule is O=C(O)CCN(CCC(=O)O)C1CC1. The number of carbonyl (C=O) groups is 2. The highest BCUT2D eigenvalue weighted by Gasteiger charge is 2.28. The first-order chi connectivity index (χ1) is 6.59. The summed E-state index contributed by atoms with van der Waals surface area (Å²) in [6.45, 7) is 0.931. The van der Waals surface area contributed by atoms with Crippen LogP contribution < -0.4 is 0 Å². The monoisotopic (exact) mass is 201 g/mol. The van der Waals surface area contributed by atoms with Crippen molar-refractivity contribution in [3.05, 3.63) is 0 Å². The first-order valence-corrected chi connectivity index (χ1v) is 4.77. The standard InChI is InChI=1S/C9H15NO4/c11-8(12)3-5-10(7-1-2-7)6-4-9(13)14/h7H,1-6H2,(H,11,12)(H,13,14). The first kappa shape index (κ1) is 11.0. The summed E-state index contributed by atoms with van der Waals surface area (Å²) in [6.07, 6.45) is 2.32. The highest BCUT2D eigenvalue weighted by Crippen LogP contribution is 2.26. The number of carboxylic acids is 2. The second-order valence-electron chi connectivity index (χ2n) is 3.55. The molecule has 0 heterocycles. The third-order valence-corrected chi connectivity index (χ3v) is 2.29. The number of nitrogens with zero attached hydrogens (tertiary/aromatic N) is 1. The Balaban J connectivity index is 2.24. The summed E-state index contributed by atoms with van der Waals surface area (Å²) in [6, 6.07) is 0.425. The Kier molecular flexibility index (Phi) is 3.88. The van der Waals surface area contributed by atoms with Crippen LogP contribution in [0.1, 0.15) is 25.7 Å². The van der Waals surface area contributed by atoms with E-state index in [0.29, 0.717) is 19.1 Å². The summed E-state index contributed by atoms with van der Waals surface area (Å²) in [4.78, 5) is 22.6. The molecule has 0 aromatic heterocycles. The molecule has 0 bridgehead atoms. The van der Waals surface area contributed by atoms with Crippen molar-refractivity contribution in [3.63, 3.8) is 0 Å². The van der Waals surface area contributed by atoms with E-state index in [1.807, 2.05) is 4.90 Å². The van der Waals surface area contributed by atoms with E-state index in [9.17, 15) is 9.59 Å². The largest absolute Gasteiger partial charge is 0.481 e. The summed E-state index contributed by atoms with van der Waals surface area (Å²) in [5.41, 5.74) is 0. The molecular formula is C9H15NO4. The average Bonchev–Trinajstić information content (AvgIpc) is 2.86. The van der Waals surface area contributed by atoms with Gasteiger partial charge in [-0.15, -0.1) is 0 Å². The van der Waals surface area contributed by atoms with Gasteiger partial charge in [-0.05, 0) is 12.8 Å². The molecule has 0 amide bonds. The minimum atomic E-state index is -0.828. The van der Waals surface area contributed by atoms with Crippen molar-refractivity contribution in [3.8, 4) is 0 Å². The summed E-state index contributed by atoms with van der Waals surface area (Å²) in [7, 11) is 0. The van der Waals surface area contributed by atoms with Crippen LogP contribution in [0.5, 0.6) is 0 Å². The molecule has 0 atom stereocenters. The number of rotatable bonds is 7. The predicted octanol–water partition coefficient (Wildman–Crippen LogP) is 0.400. The Hall–Kier alpha value is -1.10. The number of aliphatic carboxylic acids is 2. The molecule has 80 valence electrons. The van der Waals surface area contributed by atoms with Gasteiger partial charge in [-0.1, -0.05) is 0 Å². The van der Waals surface area contributed by atoms with Crippen LogP contribution in [-0.2, 0) is 9.59 Å². The van der Waals surface area contributed by atoms with Crippen LogP contribution >= 0.6 is 0 Å². The van der Waals surface area contributed by atoms with E-state index < -0.39 is 11.9 Å². The molecule has 0 saturated heterocycles. The zero-order valence-corrected chi connectivity index (χ0v) is 7.98. The molecule has 2 N–H and O–H groups in total. The van der Waals surface area contributed by atoms with E-state index in [-0.39, 0.29) is 12.8 Å². The Morgan fingerprint density at radius 2 is 1.50 bits per heavy atom. The highest BCUT2D eigenvalue weighted by atomic mass is 16.4. The molecule has 0 aromatic rings. The fraction of sp³-hybridized carbons (Fsp3) is 0.778. The fourth-order valence-electron chi connectivity index (χ4n) is 1.40. The molecule has 5 nitrogen and oxygen atoms in total. The van der Waals surface area contributed by atoms with Gasteiger partial charge in [-0.2, -0.15) is 0 Å². The third kappa shape index (κ3) is 4.23. The predicted molar refractivity (Wildman–Crippen MR) is 49.1 cm³/mol. The second kappa shape index (κ2) is 4.95. The van der Waals surface area contributed by atoms with Gasteiger partial charge < -0.3 is 10.2 Å². The lowest BCUT2D eigenvalue weighted by molar-refractivity contribution is -0.137. The smallest absolute Gasteiger partial charge is 0.304 e.